The van der Waals surface area contributed by atoms with Crippen LogP contribution in [0, 0.1) is 0 Å². The molecule has 0 aliphatic rings. The molecule has 2 aromatic carbocycles. The number of carbonyl (C=O) groups is 1. The van der Waals surface area contributed by atoms with Crippen molar-refractivity contribution in [3.05, 3.63) is 79.5 Å². The second-order valence-corrected chi connectivity index (χ2v) is 10.0. The maximum atomic E-state index is 13.4. The molecule has 0 saturated heterocycles. The van der Waals surface area contributed by atoms with E-state index < -0.39 is 45.8 Å². The molecule has 0 aliphatic heterocycles. The third-order valence-corrected chi connectivity index (χ3v) is 6.74. The highest BCUT2D eigenvalue weighted by atomic mass is 16.5. The zero-order valence-electron chi connectivity index (χ0n) is 22.2. The maximum Gasteiger partial charge on any atom is 0.344 e. The molecule has 2 aromatic heterocycles. The summed E-state index contributed by atoms with van der Waals surface area (Å²) in [7, 11) is 0. The van der Waals surface area contributed by atoms with E-state index in [2.05, 4.69) is 0 Å². The van der Waals surface area contributed by atoms with Crippen LogP contribution >= 0.6 is 0 Å². The summed E-state index contributed by atoms with van der Waals surface area (Å²) in [4.78, 5) is 40.2. The number of esters is 1. The second-order valence-electron chi connectivity index (χ2n) is 10.0. The Hall–Kier alpha value is -4.07. The van der Waals surface area contributed by atoms with Crippen LogP contribution in [0.1, 0.15) is 87.5 Å². The number of benzene rings is 2. The molecule has 0 aliphatic carbocycles. The van der Waals surface area contributed by atoms with Crippen LogP contribution in [0.2, 0.25) is 0 Å². The van der Waals surface area contributed by atoms with Gasteiger partial charge in [0, 0.05) is 0 Å². The van der Waals surface area contributed by atoms with E-state index in [0.29, 0.717) is 17.5 Å². The number of hydrogen-bond acceptors (Lipinski definition) is 8. The molecular weight excluding hydrogens is 488 g/mol. The number of hydrogen-bond donors (Lipinski definition) is 2. The van der Waals surface area contributed by atoms with E-state index in [-0.39, 0.29) is 40.4 Å². The van der Waals surface area contributed by atoms with Crippen molar-refractivity contribution in [2.24, 2.45) is 0 Å². The molecule has 4 aromatic rings. The minimum atomic E-state index is -1.78. The summed E-state index contributed by atoms with van der Waals surface area (Å²) < 4.78 is 16.6. The number of aromatic hydroxyl groups is 2. The Balaban J connectivity index is 2.05. The Bertz CT molecular complexity index is 1510. The lowest BCUT2D eigenvalue weighted by molar-refractivity contribution is -0.144. The molecule has 0 amide bonds. The molecule has 0 unspecified atom stereocenters. The van der Waals surface area contributed by atoms with E-state index in [1.165, 1.54) is 0 Å². The first-order chi connectivity index (χ1) is 18.1. The number of unbranched alkanes of at least 4 members (excludes halogenated alkanes) is 1. The van der Waals surface area contributed by atoms with Crippen molar-refractivity contribution in [1.82, 2.24) is 0 Å². The van der Waals surface area contributed by atoms with Crippen LogP contribution in [-0.2, 0) is 9.53 Å². The predicted octanol–water partition coefficient (Wildman–Crippen LogP) is 6.03. The summed E-state index contributed by atoms with van der Waals surface area (Å²) in [5, 5.41) is 23.0. The number of para-hydroxylation sites is 2. The Labute approximate surface area is 219 Å². The van der Waals surface area contributed by atoms with Gasteiger partial charge < -0.3 is 23.8 Å². The monoisotopic (exact) mass is 520 g/mol. The Morgan fingerprint density at radius 3 is 1.66 bits per heavy atom. The summed E-state index contributed by atoms with van der Waals surface area (Å²) in [6, 6.07) is 10.1. The highest BCUT2D eigenvalue weighted by molar-refractivity contribution is 5.94. The van der Waals surface area contributed by atoms with Crippen LogP contribution in [0.5, 0.6) is 11.5 Å². The molecule has 0 bridgehead atoms. The first-order valence-electron chi connectivity index (χ1n) is 12.8. The van der Waals surface area contributed by atoms with Gasteiger partial charge >= 0.3 is 17.2 Å². The van der Waals surface area contributed by atoms with Crippen LogP contribution in [0.25, 0.3) is 21.9 Å². The fourth-order valence-electron chi connectivity index (χ4n) is 4.69. The van der Waals surface area contributed by atoms with E-state index in [9.17, 15) is 24.6 Å². The fraction of sp³-hybridized carbons (Fsp3) is 0.367. The molecule has 0 fully saturated rings. The van der Waals surface area contributed by atoms with Crippen LogP contribution < -0.4 is 11.3 Å². The minimum absolute atomic E-state index is 0.0198. The SMILES string of the molecule is CCCCOC(=O)C(c1c(O)c2cccc(C(C)C)c2oc1=O)c1c(O)c2cccc(C(C)C)c2oc1=O. The number of carbonyl (C=O) groups excluding carboxylic acids is 1. The highest BCUT2D eigenvalue weighted by Gasteiger charge is 2.38. The predicted molar refractivity (Wildman–Crippen MR) is 144 cm³/mol. The molecule has 2 N–H and O–H groups in total. The summed E-state index contributed by atoms with van der Waals surface area (Å²) in [5.74, 6) is -3.85. The Kier molecular flexibility index (Phi) is 7.62. The Morgan fingerprint density at radius 1 is 0.816 bits per heavy atom. The van der Waals surface area contributed by atoms with Crippen LogP contribution in [0.3, 0.4) is 0 Å². The van der Waals surface area contributed by atoms with E-state index in [1.807, 2.05) is 34.6 Å². The second kappa shape index (κ2) is 10.7. The van der Waals surface area contributed by atoms with Gasteiger partial charge in [-0.05, 0) is 41.5 Å². The van der Waals surface area contributed by atoms with E-state index in [0.717, 1.165) is 6.42 Å². The first-order valence-corrected chi connectivity index (χ1v) is 12.8. The smallest absolute Gasteiger partial charge is 0.344 e. The zero-order valence-corrected chi connectivity index (χ0v) is 22.2. The molecule has 200 valence electrons. The molecule has 0 saturated carbocycles. The van der Waals surface area contributed by atoms with Gasteiger partial charge in [0.05, 0.1) is 28.5 Å². The molecule has 38 heavy (non-hydrogen) atoms. The van der Waals surface area contributed by atoms with Gasteiger partial charge in [-0.15, -0.1) is 0 Å². The topological polar surface area (TPSA) is 127 Å². The number of fused-ring (bicyclic) bond motifs is 2. The average Bonchev–Trinajstić information content (AvgIpc) is 2.87. The highest BCUT2D eigenvalue weighted by Crippen LogP contribution is 2.41. The standard InChI is InChI=1S/C30H32O8/c1-6-7-14-36-28(33)21(22-24(31)19-12-8-10-17(15(2)3)26(19)37-29(22)34)23-25(32)20-13-9-11-18(16(4)5)27(20)38-30(23)35/h8-13,15-16,21,31-32H,6-7,14H2,1-5H3. The van der Waals surface area contributed by atoms with E-state index in [1.54, 1.807) is 36.4 Å². The zero-order chi connectivity index (χ0) is 27.7. The maximum absolute atomic E-state index is 13.4. The summed E-state index contributed by atoms with van der Waals surface area (Å²) in [5.41, 5.74) is -1.28. The van der Waals surface area contributed by atoms with Crippen molar-refractivity contribution in [2.45, 2.75) is 65.2 Å². The van der Waals surface area contributed by atoms with Crippen molar-refractivity contribution in [3.63, 3.8) is 0 Å². The van der Waals surface area contributed by atoms with E-state index in [4.69, 9.17) is 13.6 Å². The summed E-state index contributed by atoms with van der Waals surface area (Å²) in [6.07, 6.45) is 1.28. The number of rotatable bonds is 8. The van der Waals surface area contributed by atoms with Crippen molar-refractivity contribution in [2.75, 3.05) is 6.61 Å². The number of ether oxygens (including phenoxy) is 1. The van der Waals surface area contributed by atoms with Crippen molar-refractivity contribution in [1.29, 1.82) is 0 Å². The van der Waals surface area contributed by atoms with E-state index >= 15 is 0 Å². The largest absolute Gasteiger partial charge is 0.507 e. The van der Waals surface area contributed by atoms with Crippen LogP contribution in [0.15, 0.2) is 54.8 Å². The van der Waals surface area contributed by atoms with Gasteiger partial charge in [-0.3, -0.25) is 4.79 Å². The normalized spacial score (nSPS) is 11.8. The summed E-state index contributed by atoms with van der Waals surface area (Å²) in [6.45, 7) is 9.60. The van der Waals surface area contributed by atoms with Gasteiger partial charge in [0.25, 0.3) is 0 Å². The van der Waals surface area contributed by atoms with Crippen molar-refractivity contribution >= 4 is 27.9 Å². The fourth-order valence-corrected chi connectivity index (χ4v) is 4.69. The van der Waals surface area contributed by atoms with Gasteiger partial charge in [-0.1, -0.05) is 65.3 Å². The average molecular weight is 521 g/mol. The molecule has 8 nitrogen and oxygen atoms in total. The molecule has 0 radical (unpaired) electrons. The quantitative estimate of drug-likeness (QED) is 0.164. The lowest BCUT2D eigenvalue weighted by Crippen LogP contribution is -2.28. The first kappa shape index (κ1) is 27.0. The van der Waals surface area contributed by atoms with Gasteiger partial charge in [0.1, 0.15) is 28.6 Å². The van der Waals surface area contributed by atoms with Crippen LogP contribution in [0.4, 0.5) is 0 Å². The molecule has 8 heteroatoms. The van der Waals surface area contributed by atoms with Gasteiger partial charge in [0.2, 0.25) is 0 Å². The van der Waals surface area contributed by atoms with Crippen molar-refractivity contribution in [3.8, 4) is 11.5 Å². The van der Waals surface area contributed by atoms with Crippen LogP contribution in [-0.4, -0.2) is 22.8 Å². The summed E-state index contributed by atoms with van der Waals surface area (Å²) >= 11 is 0. The van der Waals surface area contributed by atoms with Gasteiger partial charge in [0.15, 0.2) is 0 Å². The lowest BCUT2D eigenvalue weighted by Gasteiger charge is -2.19. The third kappa shape index (κ3) is 4.66. The molecule has 0 spiro atoms. The molecular formula is C30H32O8. The van der Waals surface area contributed by atoms with Crippen molar-refractivity contribution < 1.29 is 28.6 Å². The molecule has 4 rings (SSSR count). The van der Waals surface area contributed by atoms with Gasteiger partial charge in [-0.25, -0.2) is 9.59 Å². The Morgan fingerprint density at radius 2 is 1.26 bits per heavy atom. The van der Waals surface area contributed by atoms with Gasteiger partial charge in [-0.2, -0.15) is 0 Å². The molecule has 2 heterocycles. The lowest BCUT2D eigenvalue weighted by atomic mass is 9.89. The minimum Gasteiger partial charge on any atom is -0.507 e. The molecule has 0 atom stereocenters. The third-order valence-electron chi connectivity index (χ3n) is 6.74.